The topological polar surface area (TPSA) is 250 Å². The number of H-pyrrole nitrogens is 1. The molecule has 0 spiro atoms. The molecule has 0 radical (unpaired) electrons. The fourth-order valence-electron chi connectivity index (χ4n) is 3.71. The lowest BCUT2D eigenvalue weighted by Gasteiger charge is -2.40. The van der Waals surface area contributed by atoms with E-state index in [1.807, 2.05) is 0 Å². The molecule has 1 aliphatic rings. The predicted molar refractivity (Wildman–Crippen MR) is 111 cm³/mol. The van der Waals surface area contributed by atoms with Gasteiger partial charge in [-0.2, -0.15) is 5.21 Å². The van der Waals surface area contributed by atoms with E-state index in [4.69, 9.17) is 21.7 Å². The minimum absolute atomic E-state index is 0.0704. The number of tetrazole rings is 1. The Morgan fingerprint density at radius 3 is 2.23 bits per heavy atom. The molecular weight excluding hydrogens is 450 g/mol. The van der Waals surface area contributed by atoms with E-state index in [1.54, 1.807) is 4.90 Å². The van der Waals surface area contributed by atoms with Crippen LogP contribution < -0.4 is 26.6 Å². The second-order valence-electron chi connectivity index (χ2n) is 7.37. The maximum absolute atomic E-state index is 12.5. The number of anilines is 1. The molecule has 3 rings (SSSR count). The highest BCUT2D eigenvalue weighted by atomic mass is 32.2. The Hall–Kier alpha value is -2.21. The summed E-state index contributed by atoms with van der Waals surface area (Å²) in [7, 11) is -9.10. The van der Waals surface area contributed by atoms with E-state index in [9.17, 15) is 21.9 Å². The quantitative estimate of drug-likeness (QED) is 0.234. The van der Waals surface area contributed by atoms with Gasteiger partial charge in [-0.15, -0.1) is 10.2 Å². The van der Waals surface area contributed by atoms with E-state index in [1.165, 1.54) is 0 Å². The van der Waals surface area contributed by atoms with Gasteiger partial charge in [0.2, 0.25) is 25.9 Å². The first-order chi connectivity index (χ1) is 14.4. The largest absolute Gasteiger partial charge is 0.388 e. The van der Waals surface area contributed by atoms with E-state index in [-0.39, 0.29) is 30.9 Å². The summed E-state index contributed by atoms with van der Waals surface area (Å²) >= 11 is 0. The lowest BCUT2D eigenvalue weighted by Crippen LogP contribution is -2.49. The number of aromatic nitrogens is 4. The van der Waals surface area contributed by atoms with Crippen LogP contribution in [0.2, 0.25) is 0 Å². The summed E-state index contributed by atoms with van der Waals surface area (Å²) in [6.45, 7) is 0.808. The average Bonchev–Trinajstić information content (AvgIpc) is 3.21. The number of nitrogens with zero attached hydrogens (tertiary/aromatic N) is 4. The number of hydrogen-bond acceptors (Lipinski definition) is 11. The van der Waals surface area contributed by atoms with Crippen LogP contribution in [0.1, 0.15) is 18.4 Å². The van der Waals surface area contributed by atoms with Gasteiger partial charge < -0.3 is 21.5 Å². The molecule has 2 aromatic rings. The lowest BCUT2D eigenvalue weighted by atomic mass is 9.90. The molecule has 1 fully saturated rings. The first-order valence-corrected chi connectivity index (χ1v) is 12.4. The van der Waals surface area contributed by atoms with Crippen LogP contribution in [0, 0.1) is 0 Å². The highest BCUT2D eigenvalue weighted by Crippen LogP contribution is 2.42. The normalized spacial score (nSPS) is 17.1. The maximum Gasteiger partial charge on any atom is 0.240 e. The van der Waals surface area contributed by atoms with Crippen molar-refractivity contribution in [2.45, 2.75) is 34.7 Å². The number of primary sulfonamides is 2. The van der Waals surface area contributed by atoms with Crippen molar-refractivity contribution in [2.24, 2.45) is 21.7 Å². The highest BCUT2D eigenvalue weighted by molar-refractivity contribution is 7.92. The first kappa shape index (κ1) is 23.5. The van der Waals surface area contributed by atoms with E-state index in [2.05, 4.69) is 20.6 Å². The van der Waals surface area contributed by atoms with Gasteiger partial charge in [0, 0.05) is 19.6 Å². The minimum Gasteiger partial charge on any atom is -0.388 e. The van der Waals surface area contributed by atoms with Crippen molar-refractivity contribution in [3.63, 3.8) is 0 Å². The van der Waals surface area contributed by atoms with Gasteiger partial charge in [-0.1, -0.05) is 0 Å². The number of aromatic amines is 1. The number of hydrogen-bond donors (Lipinski definition) is 6. The Morgan fingerprint density at radius 2 is 1.77 bits per heavy atom. The summed E-state index contributed by atoms with van der Waals surface area (Å²) in [6.07, 6.45) is 0.809. The second kappa shape index (κ2) is 8.38. The molecule has 0 amide bonds. The minimum atomic E-state index is -4.60. The Balaban J connectivity index is 2.38. The zero-order valence-electron chi connectivity index (χ0n) is 16.5. The van der Waals surface area contributed by atoms with E-state index in [0.29, 0.717) is 37.2 Å². The molecule has 1 aromatic carbocycles. The van der Waals surface area contributed by atoms with Gasteiger partial charge in [-0.05, 0) is 42.7 Å². The number of sulfonamides is 2. The van der Waals surface area contributed by atoms with Gasteiger partial charge in [0.1, 0.15) is 9.79 Å². The molecule has 10 N–H and O–H groups in total. The summed E-state index contributed by atoms with van der Waals surface area (Å²) in [6, 6.07) is 1.16. The maximum atomic E-state index is 12.5. The molecule has 0 aliphatic carbocycles. The highest BCUT2D eigenvalue weighted by Gasteiger charge is 2.37. The van der Waals surface area contributed by atoms with E-state index in [0.717, 1.165) is 6.07 Å². The smallest absolute Gasteiger partial charge is 0.240 e. The first-order valence-electron chi connectivity index (χ1n) is 9.28. The Bertz CT molecular complexity index is 1160. The van der Waals surface area contributed by atoms with Crippen LogP contribution in [-0.4, -0.2) is 74.3 Å². The summed E-state index contributed by atoms with van der Waals surface area (Å²) in [5.41, 5.74) is 10.9. The van der Waals surface area contributed by atoms with Crippen molar-refractivity contribution < 1.29 is 21.9 Å². The molecule has 0 unspecified atom stereocenters. The van der Waals surface area contributed by atoms with Crippen molar-refractivity contribution in [3.8, 4) is 11.4 Å². The van der Waals surface area contributed by atoms with Gasteiger partial charge in [0.05, 0.1) is 16.9 Å². The van der Waals surface area contributed by atoms with Crippen molar-refractivity contribution in [1.82, 2.24) is 20.6 Å². The van der Waals surface area contributed by atoms with Crippen molar-refractivity contribution in [1.29, 1.82) is 0 Å². The summed E-state index contributed by atoms with van der Waals surface area (Å²) in [5.74, 6) is -0.178. The summed E-state index contributed by atoms with van der Waals surface area (Å²) in [5, 5.41) is 34.6. The molecule has 16 heteroatoms. The Labute approximate surface area is 179 Å². The molecule has 31 heavy (non-hydrogen) atoms. The van der Waals surface area contributed by atoms with Crippen LogP contribution in [0.3, 0.4) is 0 Å². The summed E-state index contributed by atoms with van der Waals surface area (Å²) in [4.78, 5) is 0.381. The second-order valence-corrected chi connectivity index (χ2v) is 10.4. The number of rotatable bonds is 7. The molecule has 172 valence electrons. The van der Waals surface area contributed by atoms with Crippen LogP contribution in [0.4, 0.5) is 5.69 Å². The number of aliphatic hydroxyl groups is 1. The molecule has 0 atom stereocenters. The van der Waals surface area contributed by atoms with Crippen LogP contribution in [-0.2, 0) is 26.5 Å². The standard InChI is InChI=1S/C15H25N9O5S2/c16-4-1-9-7-10(30(18,26)27)13(31(19,28)29)11(14-20-22-23-21-14)12(9)24-5-2-15(25,8-17)3-6-24/h7,25H,1-6,8,16-17H2,(H2,18,26,27)(H2,19,28,29)(H,20,21,22,23). The number of nitrogens with two attached hydrogens (primary N) is 4. The third kappa shape index (κ3) is 4.69. The third-order valence-electron chi connectivity index (χ3n) is 5.26. The zero-order chi connectivity index (χ0) is 23.0. The molecule has 1 aromatic heterocycles. The number of nitrogens with one attached hydrogen (secondary N) is 1. The van der Waals surface area contributed by atoms with Gasteiger partial charge >= 0.3 is 0 Å². The fourth-order valence-corrected chi connectivity index (χ4v) is 5.89. The molecular formula is C15H25N9O5S2. The van der Waals surface area contributed by atoms with E-state index >= 15 is 0 Å². The number of piperidine rings is 1. The predicted octanol–water partition coefficient (Wildman–Crippen LogP) is -3.05. The molecule has 2 heterocycles. The summed E-state index contributed by atoms with van der Waals surface area (Å²) < 4.78 is 49.7. The van der Waals surface area contributed by atoms with Crippen LogP contribution in [0.25, 0.3) is 11.4 Å². The fraction of sp³-hybridized carbons (Fsp3) is 0.533. The lowest BCUT2D eigenvalue weighted by molar-refractivity contribution is 0.0250. The third-order valence-corrected chi connectivity index (χ3v) is 7.32. The van der Waals surface area contributed by atoms with Gasteiger partial charge in [0.15, 0.2) is 0 Å². The molecule has 1 aliphatic heterocycles. The van der Waals surface area contributed by atoms with Crippen molar-refractivity contribution in [2.75, 3.05) is 31.1 Å². The molecule has 1 saturated heterocycles. The van der Waals surface area contributed by atoms with E-state index < -0.39 is 35.4 Å². The van der Waals surface area contributed by atoms with Crippen molar-refractivity contribution in [3.05, 3.63) is 11.6 Å². The van der Waals surface area contributed by atoms with Crippen LogP contribution >= 0.6 is 0 Å². The number of benzene rings is 1. The SMILES string of the molecule is NCCc1cc(S(N)(=O)=O)c(S(N)(=O)=O)c(-c2nn[nH]n2)c1N1CCC(O)(CN)CC1. The van der Waals surface area contributed by atoms with Crippen LogP contribution in [0.15, 0.2) is 15.9 Å². The zero-order valence-corrected chi connectivity index (χ0v) is 18.2. The van der Waals surface area contributed by atoms with Crippen LogP contribution in [0.5, 0.6) is 0 Å². The van der Waals surface area contributed by atoms with Gasteiger partial charge in [-0.3, -0.25) is 0 Å². The monoisotopic (exact) mass is 475 g/mol. The van der Waals surface area contributed by atoms with Gasteiger partial charge in [0.25, 0.3) is 0 Å². The molecule has 14 nitrogen and oxygen atoms in total. The van der Waals surface area contributed by atoms with Crippen molar-refractivity contribution >= 4 is 25.7 Å². The molecule has 0 bridgehead atoms. The Kier molecular flexibility index (Phi) is 6.34. The average molecular weight is 476 g/mol. The molecule has 0 saturated carbocycles. The van der Waals surface area contributed by atoms with Gasteiger partial charge in [-0.25, -0.2) is 27.1 Å². The Morgan fingerprint density at radius 1 is 1.13 bits per heavy atom.